The van der Waals surface area contributed by atoms with Crippen LogP contribution in [0.1, 0.15) is 123 Å². The van der Waals surface area contributed by atoms with Gasteiger partial charge >= 0.3 is 19.8 Å². The molecule has 0 heterocycles. The summed E-state index contributed by atoms with van der Waals surface area (Å²) in [6.07, 6.45) is 20.0. The van der Waals surface area contributed by atoms with Gasteiger partial charge in [-0.05, 0) is 38.5 Å². The van der Waals surface area contributed by atoms with Gasteiger partial charge in [-0.15, -0.1) is 0 Å². The van der Waals surface area contributed by atoms with Crippen LogP contribution in [0.2, 0.25) is 0 Å². The van der Waals surface area contributed by atoms with Crippen LogP contribution in [0.5, 0.6) is 0 Å². The third kappa shape index (κ3) is 25.7. The number of phosphoric ester groups is 1. The number of ether oxygens (including phenoxy) is 2. The fourth-order valence-corrected chi connectivity index (χ4v) is 3.84. The van der Waals surface area contributed by atoms with Gasteiger partial charge in [-0.3, -0.25) is 14.1 Å². The van der Waals surface area contributed by atoms with Crippen molar-refractivity contribution in [3.63, 3.8) is 0 Å². The van der Waals surface area contributed by atoms with Crippen LogP contribution in [-0.4, -0.2) is 41.0 Å². The second kappa shape index (κ2) is 23.2. The number of hydrogen-bond donors (Lipinski definition) is 2. The Kier molecular flexibility index (Phi) is 22.4. The van der Waals surface area contributed by atoms with Gasteiger partial charge in [0.25, 0.3) is 0 Å². The van der Waals surface area contributed by atoms with E-state index in [1.165, 1.54) is 32.1 Å². The molecule has 0 aromatic carbocycles. The van der Waals surface area contributed by atoms with Gasteiger partial charge in [0.05, 0.1) is 6.61 Å². The van der Waals surface area contributed by atoms with Crippen LogP contribution in [-0.2, 0) is 28.2 Å². The van der Waals surface area contributed by atoms with E-state index < -0.39 is 32.5 Å². The fourth-order valence-electron chi connectivity index (χ4n) is 3.48. The van der Waals surface area contributed by atoms with Crippen LogP contribution >= 0.6 is 7.82 Å². The zero-order valence-electron chi connectivity index (χ0n) is 22.0. The highest BCUT2D eigenvalue weighted by Gasteiger charge is 2.22. The highest BCUT2D eigenvalue weighted by Crippen LogP contribution is 2.35. The lowest BCUT2D eigenvalue weighted by molar-refractivity contribution is -0.161. The Bertz CT molecular complexity index is 602. The van der Waals surface area contributed by atoms with Crippen LogP contribution in [0, 0.1) is 0 Å². The van der Waals surface area contributed by atoms with Gasteiger partial charge in [0.2, 0.25) is 0 Å². The molecule has 35 heavy (non-hydrogen) atoms. The average molecular weight is 521 g/mol. The lowest BCUT2D eigenvalue weighted by atomic mass is 10.1. The smallest absolute Gasteiger partial charge is 0.462 e. The first-order valence-corrected chi connectivity index (χ1v) is 15.0. The molecule has 0 saturated heterocycles. The van der Waals surface area contributed by atoms with Gasteiger partial charge in [0, 0.05) is 12.8 Å². The van der Waals surface area contributed by atoms with Crippen molar-refractivity contribution < 1.29 is 37.9 Å². The Labute approximate surface area is 212 Å². The van der Waals surface area contributed by atoms with Gasteiger partial charge in [0.15, 0.2) is 6.10 Å². The van der Waals surface area contributed by atoms with E-state index in [2.05, 4.69) is 30.5 Å². The summed E-state index contributed by atoms with van der Waals surface area (Å²) < 4.78 is 25.8. The van der Waals surface area contributed by atoms with E-state index in [4.69, 9.17) is 19.3 Å². The second-order valence-corrected chi connectivity index (χ2v) is 10.3. The van der Waals surface area contributed by atoms with E-state index in [1.54, 1.807) is 0 Å². The molecule has 0 amide bonds. The number of allylic oxidation sites excluding steroid dienone is 2. The maximum Gasteiger partial charge on any atom is 0.469 e. The van der Waals surface area contributed by atoms with Crippen molar-refractivity contribution in [2.24, 2.45) is 0 Å². The predicted octanol–water partition coefficient (Wildman–Crippen LogP) is 6.78. The number of carbonyl (C=O) groups excluding carboxylic acids is 2. The molecule has 0 aliphatic heterocycles. The van der Waals surface area contributed by atoms with Crippen molar-refractivity contribution in [1.82, 2.24) is 0 Å². The van der Waals surface area contributed by atoms with E-state index >= 15 is 0 Å². The molecule has 0 aromatic heterocycles. The van der Waals surface area contributed by atoms with E-state index in [-0.39, 0.29) is 19.4 Å². The maximum absolute atomic E-state index is 12.1. The molecule has 0 spiro atoms. The molecule has 0 radical (unpaired) electrons. The lowest BCUT2D eigenvalue weighted by Crippen LogP contribution is -2.29. The summed E-state index contributed by atoms with van der Waals surface area (Å²) >= 11 is 0. The molecule has 0 aliphatic carbocycles. The van der Waals surface area contributed by atoms with Crippen molar-refractivity contribution >= 4 is 19.8 Å². The molecule has 206 valence electrons. The first kappa shape index (κ1) is 33.8. The van der Waals surface area contributed by atoms with Crippen molar-refractivity contribution in [3.8, 4) is 0 Å². The molecule has 0 bridgehead atoms. The zero-order chi connectivity index (χ0) is 26.2. The largest absolute Gasteiger partial charge is 0.469 e. The lowest BCUT2D eigenvalue weighted by Gasteiger charge is -2.18. The first-order valence-electron chi connectivity index (χ1n) is 13.5. The first-order chi connectivity index (χ1) is 16.8. The average Bonchev–Trinajstić information content (AvgIpc) is 2.81. The third-order valence-corrected chi connectivity index (χ3v) is 6.02. The number of carbonyl (C=O) groups is 2. The molecule has 0 aliphatic rings. The van der Waals surface area contributed by atoms with Crippen molar-refractivity contribution in [2.45, 2.75) is 129 Å². The molecule has 0 aromatic rings. The molecule has 0 rings (SSSR count). The standard InChI is InChI=1S/C26H49O8P/c1-3-5-7-9-10-11-12-13-14-15-16-17-19-21-26(28)34-24(23-33-35(29,30)31)22-32-25(27)20-18-8-6-4-2/h11-12,24H,3-10,13-23H2,1-2H3,(H2,29,30,31)/b12-11-/t24-/m0/s1. The summed E-state index contributed by atoms with van der Waals surface area (Å²) in [7, 11) is -4.72. The summed E-state index contributed by atoms with van der Waals surface area (Å²) in [6, 6.07) is 0. The van der Waals surface area contributed by atoms with Crippen LogP contribution in [0.3, 0.4) is 0 Å². The van der Waals surface area contributed by atoms with Gasteiger partial charge in [-0.1, -0.05) is 83.8 Å². The number of unbranched alkanes of at least 4 members (excludes halogenated alkanes) is 12. The second-order valence-electron chi connectivity index (χ2n) is 9.02. The molecule has 0 unspecified atom stereocenters. The highest BCUT2D eigenvalue weighted by atomic mass is 31.2. The third-order valence-electron chi connectivity index (χ3n) is 5.53. The fraction of sp³-hybridized carbons (Fsp3) is 0.846. The Morgan fingerprint density at radius 2 is 1.20 bits per heavy atom. The minimum absolute atomic E-state index is 0.203. The molecular formula is C26H49O8P. The molecule has 8 nitrogen and oxygen atoms in total. The summed E-state index contributed by atoms with van der Waals surface area (Å²) in [5, 5.41) is 0. The Balaban J connectivity index is 4.04. The Morgan fingerprint density at radius 3 is 1.77 bits per heavy atom. The van der Waals surface area contributed by atoms with E-state index in [1.807, 2.05) is 0 Å². The molecule has 1 atom stereocenters. The minimum atomic E-state index is -4.72. The topological polar surface area (TPSA) is 119 Å². The minimum Gasteiger partial charge on any atom is -0.462 e. The van der Waals surface area contributed by atoms with Crippen LogP contribution < -0.4 is 0 Å². The molecule has 9 heteroatoms. The number of rotatable bonds is 24. The Hall–Kier alpha value is -1.21. The molecule has 0 saturated carbocycles. The normalized spacial score (nSPS) is 12.7. The van der Waals surface area contributed by atoms with Gasteiger partial charge in [-0.2, -0.15) is 0 Å². The summed E-state index contributed by atoms with van der Waals surface area (Å²) in [6.45, 7) is 3.47. The molecular weight excluding hydrogens is 471 g/mol. The molecule has 2 N–H and O–H groups in total. The van der Waals surface area contributed by atoms with Crippen LogP contribution in [0.4, 0.5) is 0 Å². The number of esters is 2. The number of hydrogen-bond acceptors (Lipinski definition) is 6. The van der Waals surface area contributed by atoms with Crippen LogP contribution in [0.25, 0.3) is 0 Å². The van der Waals surface area contributed by atoms with Crippen molar-refractivity contribution in [2.75, 3.05) is 13.2 Å². The summed E-state index contributed by atoms with van der Waals surface area (Å²) in [5.74, 6) is -0.918. The maximum atomic E-state index is 12.1. The SMILES string of the molecule is CCCCCC/C=C\CCCCCCCC(=O)O[C@@H](COC(=O)CCCCCC)COP(=O)(O)O. The van der Waals surface area contributed by atoms with Crippen molar-refractivity contribution in [3.05, 3.63) is 12.2 Å². The van der Waals surface area contributed by atoms with Gasteiger partial charge in [0.1, 0.15) is 6.61 Å². The van der Waals surface area contributed by atoms with E-state index in [0.717, 1.165) is 51.4 Å². The quantitative estimate of drug-likeness (QED) is 0.0619. The summed E-state index contributed by atoms with van der Waals surface area (Å²) in [4.78, 5) is 41.8. The van der Waals surface area contributed by atoms with E-state index in [0.29, 0.717) is 12.8 Å². The number of phosphoric acid groups is 1. The zero-order valence-corrected chi connectivity index (χ0v) is 22.9. The monoisotopic (exact) mass is 520 g/mol. The molecule has 0 fully saturated rings. The summed E-state index contributed by atoms with van der Waals surface area (Å²) in [5.41, 5.74) is 0. The van der Waals surface area contributed by atoms with Gasteiger partial charge in [-0.25, -0.2) is 4.57 Å². The predicted molar refractivity (Wildman–Crippen MR) is 138 cm³/mol. The van der Waals surface area contributed by atoms with Gasteiger partial charge < -0.3 is 19.3 Å². The van der Waals surface area contributed by atoms with E-state index in [9.17, 15) is 14.2 Å². The Morgan fingerprint density at radius 1 is 0.714 bits per heavy atom. The van der Waals surface area contributed by atoms with Crippen molar-refractivity contribution in [1.29, 1.82) is 0 Å². The van der Waals surface area contributed by atoms with Crippen LogP contribution in [0.15, 0.2) is 12.2 Å². The highest BCUT2D eigenvalue weighted by molar-refractivity contribution is 7.46.